The van der Waals surface area contributed by atoms with E-state index >= 15 is 0 Å². The second-order valence-corrected chi connectivity index (χ2v) is 11.1. The van der Waals surface area contributed by atoms with Crippen LogP contribution in [0.5, 0.6) is 0 Å². The molecule has 2 saturated carbocycles. The van der Waals surface area contributed by atoms with Crippen molar-refractivity contribution in [1.29, 1.82) is 0 Å². The Hall–Kier alpha value is 0.157. The van der Waals surface area contributed by atoms with Gasteiger partial charge in [-0.15, -0.1) is 0 Å². The molecule has 0 unspecified atom stereocenters. The summed E-state index contributed by atoms with van der Waals surface area (Å²) < 4.78 is 34.2. The normalized spacial score (nSPS) is 20.8. The predicted molar refractivity (Wildman–Crippen MR) is 94.7 cm³/mol. The van der Waals surface area contributed by atoms with Crippen LogP contribution in [-0.4, -0.2) is 24.3 Å². The molecule has 1 aromatic carbocycles. The van der Waals surface area contributed by atoms with E-state index in [0.717, 1.165) is 5.30 Å². The van der Waals surface area contributed by atoms with E-state index in [1.807, 2.05) is 0 Å². The van der Waals surface area contributed by atoms with E-state index in [9.17, 15) is 13.0 Å². The fraction of sp³-hybridized carbons (Fsp3) is 0.667. The molecule has 2 fully saturated rings. The van der Waals surface area contributed by atoms with Crippen molar-refractivity contribution in [3.63, 3.8) is 0 Å². The third kappa shape index (κ3) is 5.09. The monoisotopic (exact) mass is 360 g/mol. The van der Waals surface area contributed by atoms with Gasteiger partial charge in [-0.2, -0.15) is 0 Å². The van der Waals surface area contributed by atoms with E-state index in [4.69, 9.17) is 0 Å². The molecule has 0 radical (unpaired) electrons. The maximum atomic E-state index is 11.4. The number of rotatable bonds is 4. The predicted octanol–water partition coefficient (Wildman–Crippen LogP) is 1.37. The average Bonchev–Trinajstić information content (AvgIpc) is 2.57. The summed E-state index contributed by atoms with van der Waals surface area (Å²) in [5.41, 5.74) is 1.43. The first-order valence-electron chi connectivity index (χ1n) is 8.90. The molecule has 3 nitrogen and oxygen atoms in total. The maximum Gasteiger partial charge on any atom is 1.00 e. The molecule has 6 heteroatoms. The number of hydrogen-bond acceptors (Lipinski definition) is 3. The van der Waals surface area contributed by atoms with Crippen LogP contribution >= 0.6 is 7.92 Å². The first-order valence-corrected chi connectivity index (χ1v) is 11.8. The van der Waals surface area contributed by atoms with Gasteiger partial charge in [0.25, 0.3) is 0 Å². The molecule has 0 amide bonds. The summed E-state index contributed by atoms with van der Waals surface area (Å²) in [4.78, 5) is -0.0471. The molecule has 2 aliphatic rings. The van der Waals surface area contributed by atoms with Gasteiger partial charge < -0.3 is 4.55 Å². The van der Waals surface area contributed by atoms with Crippen LogP contribution in [0.2, 0.25) is 0 Å². The van der Waals surface area contributed by atoms with Gasteiger partial charge in [-0.05, 0) is 54.4 Å². The van der Waals surface area contributed by atoms with Gasteiger partial charge >= 0.3 is 18.9 Å². The van der Waals surface area contributed by atoms with Crippen LogP contribution in [0, 0.1) is 0 Å². The summed E-state index contributed by atoms with van der Waals surface area (Å²) in [6, 6.07) is 6.98. The molecule has 2 aliphatic carbocycles. The Bertz CT molecular complexity index is 605. The van der Waals surface area contributed by atoms with Crippen LogP contribution in [0.4, 0.5) is 0 Å². The van der Waals surface area contributed by atoms with Gasteiger partial charge in [0.15, 0.2) is 0 Å². The Balaban J connectivity index is 0.00000208. The fourth-order valence-electron chi connectivity index (χ4n) is 4.24. The Morgan fingerprint density at radius 1 is 0.875 bits per heavy atom. The zero-order valence-corrected chi connectivity index (χ0v) is 16.3. The van der Waals surface area contributed by atoms with Gasteiger partial charge in [-0.25, -0.2) is 8.42 Å². The minimum absolute atomic E-state index is 0. The summed E-state index contributed by atoms with van der Waals surface area (Å²) in [5, 5.41) is 1.15. The minimum Gasteiger partial charge on any atom is -0.744 e. The smallest absolute Gasteiger partial charge is 0.744 e. The maximum absolute atomic E-state index is 11.4. The topological polar surface area (TPSA) is 57.2 Å². The Kier molecular flexibility index (Phi) is 7.84. The van der Waals surface area contributed by atoms with E-state index in [2.05, 4.69) is 6.07 Å². The SMILES string of the molecule is O=S(=O)([O-])c1cccc(P(C2CCCCC2)C2CCCCC2)c1.[Li+]. The van der Waals surface area contributed by atoms with Gasteiger partial charge in [0.05, 0.1) is 4.90 Å². The van der Waals surface area contributed by atoms with E-state index in [1.54, 1.807) is 12.1 Å². The Morgan fingerprint density at radius 2 is 1.38 bits per heavy atom. The van der Waals surface area contributed by atoms with Crippen molar-refractivity contribution in [2.45, 2.75) is 80.4 Å². The quantitative estimate of drug-likeness (QED) is 0.463. The van der Waals surface area contributed by atoms with Gasteiger partial charge in [0.1, 0.15) is 10.1 Å². The number of hydrogen-bond donors (Lipinski definition) is 0. The van der Waals surface area contributed by atoms with Crippen molar-refractivity contribution in [3.05, 3.63) is 24.3 Å². The van der Waals surface area contributed by atoms with Crippen molar-refractivity contribution >= 4 is 23.3 Å². The summed E-state index contributed by atoms with van der Waals surface area (Å²) in [7, 11) is -4.72. The van der Waals surface area contributed by atoms with Gasteiger partial charge in [0, 0.05) is 0 Å². The van der Waals surface area contributed by atoms with Gasteiger partial charge in [-0.1, -0.05) is 58.6 Å². The average molecular weight is 360 g/mol. The third-order valence-electron chi connectivity index (χ3n) is 5.34. The van der Waals surface area contributed by atoms with E-state index < -0.39 is 10.1 Å². The van der Waals surface area contributed by atoms with Crippen LogP contribution in [0.1, 0.15) is 64.2 Å². The molecule has 0 aromatic heterocycles. The number of benzene rings is 1. The molecular formula is C18H26LiO3PS. The van der Waals surface area contributed by atoms with Crippen molar-refractivity contribution in [1.82, 2.24) is 0 Å². The second kappa shape index (κ2) is 9.20. The molecular weight excluding hydrogens is 334 g/mol. The van der Waals surface area contributed by atoms with Crippen LogP contribution in [0.25, 0.3) is 0 Å². The second-order valence-electron chi connectivity index (χ2n) is 6.94. The summed E-state index contributed by atoms with van der Waals surface area (Å²) in [6.07, 6.45) is 13.0. The van der Waals surface area contributed by atoms with E-state index in [1.165, 1.54) is 70.3 Å². The molecule has 0 N–H and O–H groups in total. The fourth-order valence-corrected chi connectivity index (χ4v) is 8.67. The zero-order chi connectivity index (χ0) is 16.3. The Morgan fingerprint density at radius 3 is 1.83 bits per heavy atom. The molecule has 128 valence electrons. The van der Waals surface area contributed by atoms with Crippen LogP contribution in [0.15, 0.2) is 29.2 Å². The van der Waals surface area contributed by atoms with Gasteiger partial charge in [-0.3, -0.25) is 0 Å². The van der Waals surface area contributed by atoms with Gasteiger partial charge in [0.2, 0.25) is 0 Å². The van der Waals surface area contributed by atoms with Crippen LogP contribution in [0.3, 0.4) is 0 Å². The molecule has 24 heavy (non-hydrogen) atoms. The standard InChI is InChI=1S/C18H27O3PS.Li/c19-23(20,21)18-13-7-12-17(14-18)22(15-8-3-1-4-9-15)16-10-5-2-6-11-16;/h7,12-16H,1-6,8-11H2,(H,19,20,21);/q;+1/p-1. The minimum atomic E-state index is -4.36. The van der Waals surface area contributed by atoms with Crippen LogP contribution in [-0.2, 0) is 10.1 Å². The summed E-state index contributed by atoms with van der Waals surface area (Å²) in [5.74, 6) is 0. The molecule has 0 heterocycles. The van der Waals surface area contributed by atoms with E-state index in [0.29, 0.717) is 11.3 Å². The van der Waals surface area contributed by atoms with Crippen molar-refractivity contribution < 1.29 is 31.8 Å². The first-order chi connectivity index (χ1) is 11.1. The molecule has 3 rings (SSSR count). The first kappa shape index (κ1) is 20.5. The Labute approximate surface area is 159 Å². The molecule has 0 atom stereocenters. The molecule has 0 bridgehead atoms. The van der Waals surface area contributed by atoms with Crippen molar-refractivity contribution in [3.8, 4) is 0 Å². The molecule has 1 aromatic rings. The summed E-state index contributed by atoms with van der Waals surface area (Å²) in [6.45, 7) is 0. The van der Waals surface area contributed by atoms with Crippen molar-refractivity contribution in [2.75, 3.05) is 0 Å². The van der Waals surface area contributed by atoms with Crippen LogP contribution < -0.4 is 24.2 Å². The third-order valence-corrected chi connectivity index (χ3v) is 9.65. The zero-order valence-electron chi connectivity index (χ0n) is 14.6. The molecule has 0 spiro atoms. The molecule has 0 saturated heterocycles. The summed E-state index contributed by atoms with van der Waals surface area (Å²) >= 11 is 0. The molecule has 0 aliphatic heterocycles. The van der Waals surface area contributed by atoms with E-state index in [-0.39, 0.29) is 31.7 Å². The van der Waals surface area contributed by atoms with Crippen molar-refractivity contribution in [2.24, 2.45) is 0 Å². The largest absolute Gasteiger partial charge is 1.00 e.